The maximum atomic E-state index is 13.0. The van der Waals surface area contributed by atoms with Crippen LogP contribution in [0.15, 0.2) is 36.9 Å². The van der Waals surface area contributed by atoms with Gasteiger partial charge in [-0.15, -0.1) is 10.2 Å². The molecule has 2 bridgehead atoms. The average molecular weight is 502 g/mol. The first-order chi connectivity index (χ1) is 18.0. The highest BCUT2D eigenvalue weighted by Gasteiger charge is 2.45. The predicted octanol–water partition coefficient (Wildman–Crippen LogP) is 2.18. The van der Waals surface area contributed by atoms with Gasteiger partial charge in [0.05, 0.1) is 6.20 Å². The van der Waals surface area contributed by atoms with E-state index < -0.39 is 0 Å². The van der Waals surface area contributed by atoms with E-state index in [-0.39, 0.29) is 35.8 Å². The number of anilines is 2. The van der Waals surface area contributed by atoms with E-state index in [2.05, 4.69) is 35.9 Å². The minimum absolute atomic E-state index is 0.0953. The minimum Gasteiger partial charge on any atom is -0.384 e. The highest BCUT2D eigenvalue weighted by molar-refractivity contribution is 5.91. The fourth-order valence-electron chi connectivity index (χ4n) is 5.55. The second-order valence-corrected chi connectivity index (χ2v) is 9.42. The number of nitrogens with zero attached hydrogens (tertiary/aromatic N) is 7. The van der Waals surface area contributed by atoms with E-state index >= 15 is 0 Å². The largest absolute Gasteiger partial charge is 0.384 e. The molecule has 6 rings (SSSR count). The highest BCUT2D eigenvalue weighted by Crippen LogP contribution is 2.43. The van der Waals surface area contributed by atoms with Gasteiger partial charge in [0, 0.05) is 53.6 Å². The van der Waals surface area contributed by atoms with Crippen molar-refractivity contribution in [2.24, 2.45) is 0 Å². The molecule has 2 fully saturated rings. The molecule has 0 spiro atoms. The van der Waals surface area contributed by atoms with E-state index in [9.17, 15) is 9.59 Å². The van der Waals surface area contributed by atoms with Gasteiger partial charge in [0.25, 0.3) is 5.91 Å². The summed E-state index contributed by atoms with van der Waals surface area (Å²) >= 11 is 0. The summed E-state index contributed by atoms with van der Waals surface area (Å²) < 4.78 is 1.62. The van der Waals surface area contributed by atoms with Crippen molar-refractivity contribution in [3.63, 3.8) is 0 Å². The SMILES string of the molecule is CCNC(=O)Nc1ccc(-c2cnn3c(N)cc([C@H]4C[C@H]5CC[C@@H](C4)N5C(=O)c4nnc[nH]4)nc23)cn1. The second kappa shape index (κ2) is 9.15. The molecule has 0 aliphatic carbocycles. The molecule has 6 heterocycles. The van der Waals surface area contributed by atoms with Gasteiger partial charge in [0.2, 0.25) is 5.82 Å². The molecule has 2 aliphatic heterocycles. The molecular weight excluding hydrogens is 474 g/mol. The topological polar surface area (TPSA) is 172 Å². The third kappa shape index (κ3) is 4.11. The Hall–Kier alpha value is -4.55. The average Bonchev–Trinajstić information content (AvgIpc) is 3.63. The van der Waals surface area contributed by atoms with E-state index in [0.717, 1.165) is 42.5 Å². The minimum atomic E-state index is -0.305. The lowest BCUT2D eigenvalue weighted by Crippen LogP contribution is -2.46. The molecule has 37 heavy (non-hydrogen) atoms. The summed E-state index contributed by atoms with van der Waals surface area (Å²) in [5, 5.41) is 17.5. The van der Waals surface area contributed by atoms with Gasteiger partial charge in [0.15, 0.2) is 5.65 Å². The van der Waals surface area contributed by atoms with Crippen LogP contribution in [0.4, 0.5) is 16.4 Å². The Balaban J connectivity index is 1.26. The molecule has 2 aliphatic rings. The number of nitrogens with two attached hydrogens (primary N) is 1. The van der Waals surface area contributed by atoms with Crippen molar-refractivity contribution in [3.8, 4) is 11.1 Å². The number of aromatic nitrogens is 7. The van der Waals surface area contributed by atoms with Crippen LogP contribution in [0.1, 0.15) is 54.8 Å². The Kier molecular flexibility index (Phi) is 5.66. The number of nitrogen functional groups attached to an aromatic ring is 1. The molecule has 0 radical (unpaired) electrons. The van der Waals surface area contributed by atoms with Crippen LogP contribution in [0.25, 0.3) is 16.8 Å². The first kappa shape index (κ1) is 22.9. The third-order valence-electron chi connectivity index (χ3n) is 7.18. The molecule has 190 valence electrons. The van der Waals surface area contributed by atoms with Crippen LogP contribution in [0.3, 0.4) is 0 Å². The van der Waals surface area contributed by atoms with Crippen molar-refractivity contribution in [1.82, 2.24) is 45.0 Å². The zero-order chi connectivity index (χ0) is 25.5. The molecule has 3 atom stereocenters. The normalized spacial score (nSPS) is 20.8. The van der Waals surface area contributed by atoms with Gasteiger partial charge in [-0.2, -0.15) is 9.61 Å². The van der Waals surface area contributed by atoms with Gasteiger partial charge in [-0.05, 0) is 44.7 Å². The lowest BCUT2D eigenvalue weighted by atomic mass is 9.87. The number of piperidine rings is 1. The van der Waals surface area contributed by atoms with E-state index in [4.69, 9.17) is 10.7 Å². The summed E-state index contributed by atoms with van der Waals surface area (Å²) in [4.78, 5) is 38.9. The van der Waals surface area contributed by atoms with Crippen molar-refractivity contribution >= 4 is 29.2 Å². The fraction of sp³-hybridized carbons (Fsp3) is 0.375. The maximum Gasteiger partial charge on any atom is 0.320 e. The quantitative estimate of drug-likeness (QED) is 0.322. The molecular formula is C24H27N11O2. The van der Waals surface area contributed by atoms with Crippen molar-refractivity contribution in [2.75, 3.05) is 17.6 Å². The molecule has 3 amide bonds. The molecule has 0 aromatic carbocycles. The Morgan fingerprint density at radius 3 is 2.68 bits per heavy atom. The molecule has 4 aromatic rings. The number of urea groups is 1. The van der Waals surface area contributed by atoms with Crippen LogP contribution in [-0.4, -0.2) is 70.2 Å². The Labute approximate surface area is 211 Å². The van der Waals surface area contributed by atoms with Crippen molar-refractivity contribution < 1.29 is 9.59 Å². The summed E-state index contributed by atoms with van der Waals surface area (Å²) in [6.07, 6.45) is 8.36. The van der Waals surface area contributed by atoms with E-state index in [0.29, 0.717) is 23.8 Å². The number of amides is 3. The Morgan fingerprint density at radius 1 is 1.19 bits per heavy atom. The Bertz CT molecular complexity index is 1430. The van der Waals surface area contributed by atoms with Crippen molar-refractivity contribution in [3.05, 3.63) is 48.4 Å². The lowest BCUT2D eigenvalue weighted by molar-refractivity contribution is 0.0557. The summed E-state index contributed by atoms with van der Waals surface area (Å²) in [5.41, 5.74) is 9.55. The van der Waals surface area contributed by atoms with Crippen LogP contribution < -0.4 is 16.4 Å². The summed E-state index contributed by atoms with van der Waals surface area (Å²) in [7, 11) is 0. The van der Waals surface area contributed by atoms with Gasteiger partial charge in [-0.25, -0.2) is 14.8 Å². The highest BCUT2D eigenvalue weighted by atomic mass is 16.2. The summed E-state index contributed by atoms with van der Waals surface area (Å²) in [5.74, 6) is 1.31. The Morgan fingerprint density at radius 2 is 2.00 bits per heavy atom. The van der Waals surface area contributed by atoms with Crippen LogP contribution >= 0.6 is 0 Å². The summed E-state index contributed by atoms with van der Waals surface area (Å²) in [6, 6.07) is 5.43. The monoisotopic (exact) mass is 501 g/mol. The van der Waals surface area contributed by atoms with Crippen molar-refractivity contribution in [2.45, 2.75) is 50.6 Å². The van der Waals surface area contributed by atoms with Gasteiger partial charge in [0.1, 0.15) is 18.0 Å². The molecule has 13 nitrogen and oxygen atoms in total. The number of carbonyl (C=O) groups is 2. The fourth-order valence-corrected chi connectivity index (χ4v) is 5.55. The van der Waals surface area contributed by atoms with Gasteiger partial charge < -0.3 is 20.9 Å². The molecule has 13 heteroatoms. The van der Waals surface area contributed by atoms with Gasteiger partial charge in [-0.3, -0.25) is 10.1 Å². The second-order valence-electron chi connectivity index (χ2n) is 9.42. The number of hydrogen-bond donors (Lipinski definition) is 4. The van der Waals surface area contributed by atoms with Crippen molar-refractivity contribution in [1.29, 1.82) is 0 Å². The number of nitrogens with one attached hydrogen (secondary N) is 3. The predicted molar refractivity (Wildman–Crippen MR) is 135 cm³/mol. The number of hydrogen-bond acceptors (Lipinski definition) is 8. The molecule has 5 N–H and O–H groups in total. The molecule has 4 aromatic heterocycles. The first-order valence-corrected chi connectivity index (χ1v) is 12.4. The van der Waals surface area contributed by atoms with Crippen LogP contribution in [0, 0.1) is 0 Å². The number of carbonyl (C=O) groups excluding carboxylic acids is 2. The molecule has 2 saturated heterocycles. The van der Waals surface area contributed by atoms with Crippen LogP contribution in [0.5, 0.6) is 0 Å². The standard InChI is InChI=1S/C24H27N11O2/c1-2-26-24(37)32-20-6-3-13(10-27-20)17-11-30-35-19(25)9-18(31-22(17)35)14-7-15-4-5-16(8-14)34(15)23(36)21-28-12-29-33-21/h3,6,9-12,14-16H,2,4-5,7-8,25H2,1H3,(H,28,29,33)(H2,26,27,32,37)/t14-,15+,16-. The van der Waals surface area contributed by atoms with E-state index in [1.165, 1.54) is 6.33 Å². The number of aromatic amines is 1. The molecule has 0 saturated carbocycles. The maximum absolute atomic E-state index is 13.0. The van der Waals surface area contributed by atoms with Crippen LogP contribution in [0.2, 0.25) is 0 Å². The summed E-state index contributed by atoms with van der Waals surface area (Å²) in [6.45, 7) is 2.38. The number of fused-ring (bicyclic) bond motifs is 3. The zero-order valence-electron chi connectivity index (χ0n) is 20.3. The lowest BCUT2D eigenvalue weighted by Gasteiger charge is -2.38. The third-order valence-corrected chi connectivity index (χ3v) is 7.18. The van der Waals surface area contributed by atoms with E-state index in [1.54, 1.807) is 23.0 Å². The number of H-pyrrole nitrogens is 1. The van der Waals surface area contributed by atoms with Gasteiger partial charge in [-0.1, -0.05) is 0 Å². The first-order valence-electron chi connectivity index (χ1n) is 12.4. The number of rotatable bonds is 5. The molecule has 0 unspecified atom stereocenters. The van der Waals surface area contributed by atoms with E-state index in [1.807, 2.05) is 24.0 Å². The van der Waals surface area contributed by atoms with Gasteiger partial charge >= 0.3 is 6.03 Å². The smallest absolute Gasteiger partial charge is 0.320 e. The number of pyridine rings is 1. The van der Waals surface area contributed by atoms with Crippen LogP contribution in [-0.2, 0) is 0 Å². The zero-order valence-corrected chi connectivity index (χ0v) is 20.3.